The lowest BCUT2D eigenvalue weighted by Crippen LogP contribution is -2.07. The zero-order chi connectivity index (χ0) is 17.4. The lowest BCUT2D eigenvalue weighted by Gasteiger charge is -2.12. The average Bonchev–Trinajstić information content (AvgIpc) is 2.56. The smallest absolute Gasteiger partial charge is 0.332 e. The van der Waals surface area contributed by atoms with Gasteiger partial charge in [-0.2, -0.15) is 0 Å². The molecule has 0 aliphatic rings. The lowest BCUT2D eigenvalue weighted by molar-refractivity contribution is -0.137. The summed E-state index contributed by atoms with van der Waals surface area (Å²) >= 11 is 0. The van der Waals surface area contributed by atoms with Crippen LogP contribution in [0.25, 0.3) is 5.70 Å². The number of rotatable bonds is 6. The molecule has 2 rings (SSSR count). The number of carbonyl (C=O) groups excluding carboxylic acids is 2. The molecular weight excluding hydrogens is 304 g/mol. The highest BCUT2D eigenvalue weighted by atomic mass is 16.5. The van der Waals surface area contributed by atoms with Crippen LogP contribution in [0.1, 0.15) is 19.4 Å². The SMILES string of the molecule is CCOC(=O)C=C(Nc1ccc(NC(C)=O)cc1)c1ccccc1. The van der Waals surface area contributed by atoms with Crippen molar-refractivity contribution >= 4 is 28.9 Å². The van der Waals surface area contributed by atoms with E-state index >= 15 is 0 Å². The second kappa shape index (κ2) is 8.53. The minimum absolute atomic E-state index is 0.122. The van der Waals surface area contributed by atoms with Crippen molar-refractivity contribution in [1.82, 2.24) is 0 Å². The van der Waals surface area contributed by atoms with Crippen LogP contribution < -0.4 is 10.6 Å². The van der Waals surface area contributed by atoms with E-state index in [-0.39, 0.29) is 5.91 Å². The first kappa shape index (κ1) is 17.3. The van der Waals surface area contributed by atoms with Crippen LogP contribution in [0.4, 0.5) is 11.4 Å². The largest absolute Gasteiger partial charge is 0.463 e. The minimum Gasteiger partial charge on any atom is -0.463 e. The van der Waals surface area contributed by atoms with Crippen LogP contribution in [0.15, 0.2) is 60.7 Å². The Morgan fingerprint density at radius 2 is 1.54 bits per heavy atom. The van der Waals surface area contributed by atoms with Crippen molar-refractivity contribution < 1.29 is 14.3 Å². The van der Waals surface area contributed by atoms with Gasteiger partial charge in [-0.05, 0) is 36.8 Å². The van der Waals surface area contributed by atoms with Gasteiger partial charge in [0.2, 0.25) is 5.91 Å². The quantitative estimate of drug-likeness (QED) is 0.628. The van der Waals surface area contributed by atoms with Crippen LogP contribution in [-0.4, -0.2) is 18.5 Å². The Hall–Kier alpha value is -3.08. The number of benzene rings is 2. The first-order chi connectivity index (χ1) is 11.6. The van der Waals surface area contributed by atoms with E-state index in [0.717, 1.165) is 11.3 Å². The Balaban J connectivity index is 2.22. The molecule has 2 aromatic rings. The van der Waals surface area contributed by atoms with E-state index in [4.69, 9.17) is 4.74 Å². The van der Waals surface area contributed by atoms with Crippen LogP contribution >= 0.6 is 0 Å². The monoisotopic (exact) mass is 324 g/mol. The normalized spacial score (nSPS) is 10.8. The van der Waals surface area contributed by atoms with Crippen LogP contribution in [0.5, 0.6) is 0 Å². The van der Waals surface area contributed by atoms with Crippen molar-refractivity contribution in [3.8, 4) is 0 Å². The molecule has 1 amide bonds. The molecule has 0 saturated carbocycles. The van der Waals surface area contributed by atoms with E-state index in [0.29, 0.717) is 18.0 Å². The van der Waals surface area contributed by atoms with E-state index in [1.165, 1.54) is 13.0 Å². The third kappa shape index (κ3) is 5.28. The number of carbonyl (C=O) groups is 2. The van der Waals surface area contributed by atoms with Gasteiger partial charge in [0.1, 0.15) is 0 Å². The summed E-state index contributed by atoms with van der Waals surface area (Å²) in [5.74, 6) is -0.526. The van der Waals surface area contributed by atoms with E-state index < -0.39 is 5.97 Å². The molecule has 0 atom stereocenters. The Bertz CT molecular complexity index is 722. The summed E-state index contributed by atoms with van der Waals surface area (Å²) < 4.78 is 4.99. The maximum Gasteiger partial charge on any atom is 0.332 e. The molecule has 2 aromatic carbocycles. The van der Waals surface area contributed by atoms with Crippen molar-refractivity contribution in [2.24, 2.45) is 0 Å². The lowest BCUT2D eigenvalue weighted by atomic mass is 10.1. The van der Waals surface area contributed by atoms with Gasteiger partial charge in [0, 0.05) is 24.4 Å². The third-order valence-electron chi connectivity index (χ3n) is 3.12. The summed E-state index contributed by atoms with van der Waals surface area (Å²) in [6.07, 6.45) is 1.43. The van der Waals surface area contributed by atoms with E-state index in [1.54, 1.807) is 19.1 Å². The molecule has 0 fully saturated rings. The van der Waals surface area contributed by atoms with Gasteiger partial charge < -0.3 is 15.4 Å². The summed E-state index contributed by atoms with van der Waals surface area (Å²) in [4.78, 5) is 22.9. The van der Waals surface area contributed by atoms with Gasteiger partial charge in [0.25, 0.3) is 0 Å². The Labute approximate surface area is 141 Å². The number of amides is 1. The minimum atomic E-state index is -0.404. The van der Waals surface area contributed by atoms with Gasteiger partial charge in [0.15, 0.2) is 0 Å². The van der Waals surface area contributed by atoms with Gasteiger partial charge in [-0.25, -0.2) is 4.79 Å². The number of ether oxygens (including phenoxy) is 1. The zero-order valence-corrected chi connectivity index (χ0v) is 13.7. The van der Waals surface area contributed by atoms with Gasteiger partial charge in [-0.15, -0.1) is 0 Å². The zero-order valence-electron chi connectivity index (χ0n) is 13.7. The molecule has 0 aliphatic carbocycles. The molecule has 124 valence electrons. The van der Waals surface area contributed by atoms with Crippen LogP contribution in [0.3, 0.4) is 0 Å². The summed E-state index contributed by atoms with van der Waals surface area (Å²) in [6.45, 7) is 3.55. The van der Waals surface area contributed by atoms with Crippen LogP contribution in [0, 0.1) is 0 Å². The predicted octanol–water partition coefficient (Wildman–Crippen LogP) is 3.66. The Morgan fingerprint density at radius 3 is 2.08 bits per heavy atom. The summed E-state index contributed by atoms with van der Waals surface area (Å²) in [6, 6.07) is 16.8. The van der Waals surface area contributed by atoms with Crippen molar-refractivity contribution in [3.63, 3.8) is 0 Å². The molecule has 0 spiro atoms. The standard InChI is InChI=1S/C19H20N2O3/c1-3-24-19(23)13-18(15-7-5-4-6-8-15)21-17-11-9-16(10-12-17)20-14(2)22/h4-13,21H,3H2,1-2H3,(H,20,22). The van der Waals surface area contributed by atoms with Gasteiger partial charge in [-0.3, -0.25) is 4.79 Å². The maximum atomic E-state index is 11.8. The molecule has 5 heteroatoms. The number of hydrogen-bond donors (Lipinski definition) is 2. The highest BCUT2D eigenvalue weighted by Crippen LogP contribution is 2.20. The van der Waals surface area contributed by atoms with E-state index in [1.807, 2.05) is 42.5 Å². The molecule has 5 nitrogen and oxygen atoms in total. The molecule has 0 radical (unpaired) electrons. The molecule has 2 N–H and O–H groups in total. The Morgan fingerprint density at radius 1 is 0.958 bits per heavy atom. The first-order valence-electron chi connectivity index (χ1n) is 7.67. The summed E-state index contributed by atoms with van der Waals surface area (Å²) in [5, 5.41) is 5.92. The Kier molecular flexibility index (Phi) is 6.14. The molecule has 0 unspecified atom stereocenters. The van der Waals surface area contributed by atoms with Gasteiger partial charge in [-0.1, -0.05) is 30.3 Å². The third-order valence-corrected chi connectivity index (χ3v) is 3.12. The van der Waals surface area contributed by atoms with Crippen molar-refractivity contribution in [1.29, 1.82) is 0 Å². The van der Waals surface area contributed by atoms with Crippen LogP contribution in [0.2, 0.25) is 0 Å². The second-order valence-corrected chi connectivity index (χ2v) is 5.06. The van der Waals surface area contributed by atoms with Gasteiger partial charge >= 0.3 is 5.97 Å². The topological polar surface area (TPSA) is 67.4 Å². The fourth-order valence-electron chi connectivity index (χ4n) is 2.11. The number of hydrogen-bond acceptors (Lipinski definition) is 4. The average molecular weight is 324 g/mol. The number of anilines is 2. The van der Waals surface area contributed by atoms with E-state index in [9.17, 15) is 9.59 Å². The molecule has 0 saturated heterocycles. The highest BCUT2D eigenvalue weighted by molar-refractivity contribution is 5.94. The molecule has 0 bridgehead atoms. The molecule has 0 aromatic heterocycles. The highest BCUT2D eigenvalue weighted by Gasteiger charge is 2.06. The summed E-state index contributed by atoms with van der Waals surface area (Å²) in [7, 11) is 0. The second-order valence-electron chi connectivity index (χ2n) is 5.06. The van der Waals surface area contributed by atoms with Crippen molar-refractivity contribution in [3.05, 3.63) is 66.2 Å². The molecule has 24 heavy (non-hydrogen) atoms. The molecule has 0 aliphatic heterocycles. The van der Waals surface area contributed by atoms with Gasteiger partial charge in [0.05, 0.1) is 12.3 Å². The number of nitrogens with one attached hydrogen (secondary N) is 2. The summed E-state index contributed by atoms with van der Waals surface area (Å²) in [5.41, 5.74) is 3.02. The fourth-order valence-corrected chi connectivity index (χ4v) is 2.11. The number of esters is 1. The maximum absolute atomic E-state index is 11.8. The van der Waals surface area contributed by atoms with E-state index in [2.05, 4.69) is 10.6 Å². The van der Waals surface area contributed by atoms with Crippen molar-refractivity contribution in [2.75, 3.05) is 17.2 Å². The fraction of sp³-hybridized carbons (Fsp3) is 0.158. The molecular formula is C19H20N2O3. The molecule has 0 heterocycles. The van der Waals surface area contributed by atoms with Crippen LogP contribution in [-0.2, 0) is 14.3 Å². The predicted molar refractivity (Wildman–Crippen MR) is 95.4 cm³/mol. The van der Waals surface area contributed by atoms with Crippen molar-refractivity contribution in [2.45, 2.75) is 13.8 Å². The first-order valence-corrected chi connectivity index (χ1v) is 7.67.